The number of hydrogen-bond acceptors (Lipinski definition) is 4. The molecular formula is C17H24N4O. The first-order valence-corrected chi connectivity index (χ1v) is 7.80. The molecule has 0 saturated carbocycles. The van der Waals surface area contributed by atoms with Gasteiger partial charge in [0.15, 0.2) is 0 Å². The van der Waals surface area contributed by atoms with E-state index >= 15 is 0 Å². The van der Waals surface area contributed by atoms with Crippen LogP contribution >= 0.6 is 0 Å². The van der Waals surface area contributed by atoms with Crippen molar-refractivity contribution in [3.05, 3.63) is 47.2 Å². The lowest BCUT2D eigenvalue weighted by Crippen LogP contribution is -2.35. The van der Waals surface area contributed by atoms with Gasteiger partial charge in [-0.1, -0.05) is 24.3 Å². The molecule has 0 fully saturated rings. The molecule has 22 heavy (non-hydrogen) atoms. The quantitative estimate of drug-likeness (QED) is 0.858. The van der Waals surface area contributed by atoms with Gasteiger partial charge in [0.25, 0.3) is 0 Å². The summed E-state index contributed by atoms with van der Waals surface area (Å²) < 4.78 is 7.25. The zero-order valence-corrected chi connectivity index (χ0v) is 13.3. The second kappa shape index (κ2) is 6.94. The summed E-state index contributed by atoms with van der Waals surface area (Å²) in [6.45, 7) is 6.56. The maximum Gasteiger partial charge on any atom is 0.124 e. The molecule has 0 amide bonds. The van der Waals surface area contributed by atoms with E-state index < -0.39 is 0 Å². The van der Waals surface area contributed by atoms with E-state index in [1.807, 2.05) is 6.92 Å². The molecule has 118 valence electrons. The van der Waals surface area contributed by atoms with Crippen molar-refractivity contribution < 1.29 is 4.74 Å². The summed E-state index contributed by atoms with van der Waals surface area (Å²) in [6.07, 6.45) is 0. The topological polar surface area (TPSA) is 51.1 Å². The lowest BCUT2D eigenvalue weighted by Gasteiger charge is -2.25. The Bertz CT molecular complexity index is 623. The first kappa shape index (κ1) is 15.1. The van der Waals surface area contributed by atoms with Crippen LogP contribution in [0.1, 0.15) is 16.8 Å². The van der Waals surface area contributed by atoms with Crippen LogP contribution in [0.25, 0.3) is 0 Å². The number of hydrogen-bond donors (Lipinski definition) is 2. The molecule has 0 spiro atoms. The summed E-state index contributed by atoms with van der Waals surface area (Å²) in [5.41, 5.74) is 3.60. The molecule has 1 atom stereocenters. The van der Waals surface area contributed by atoms with Crippen LogP contribution in [0.5, 0.6) is 0 Å². The van der Waals surface area contributed by atoms with E-state index in [0.717, 1.165) is 37.7 Å². The van der Waals surface area contributed by atoms with E-state index in [4.69, 9.17) is 4.74 Å². The van der Waals surface area contributed by atoms with Crippen LogP contribution in [0.15, 0.2) is 30.3 Å². The monoisotopic (exact) mass is 300 g/mol. The maximum atomic E-state index is 5.18. The SMILES string of the molecule is COCc1cccc(CNC[C@@H]2CNc3cc(C)nn3C2)c1. The van der Waals surface area contributed by atoms with Gasteiger partial charge in [-0.05, 0) is 18.1 Å². The van der Waals surface area contributed by atoms with Crippen LogP contribution in [0.2, 0.25) is 0 Å². The predicted molar refractivity (Wildman–Crippen MR) is 87.8 cm³/mol. The minimum absolute atomic E-state index is 0.564. The Morgan fingerprint density at radius 3 is 3.09 bits per heavy atom. The van der Waals surface area contributed by atoms with Crippen molar-refractivity contribution in [3.8, 4) is 0 Å². The number of ether oxygens (including phenoxy) is 1. The van der Waals surface area contributed by atoms with E-state index in [9.17, 15) is 0 Å². The molecule has 0 radical (unpaired) electrons. The van der Waals surface area contributed by atoms with Crippen molar-refractivity contribution >= 4 is 5.82 Å². The Morgan fingerprint density at radius 2 is 2.23 bits per heavy atom. The number of benzene rings is 1. The molecule has 5 nitrogen and oxygen atoms in total. The van der Waals surface area contributed by atoms with Gasteiger partial charge in [-0.15, -0.1) is 0 Å². The fourth-order valence-corrected chi connectivity index (χ4v) is 2.94. The van der Waals surface area contributed by atoms with E-state index in [0.29, 0.717) is 12.5 Å². The van der Waals surface area contributed by atoms with Gasteiger partial charge in [-0.3, -0.25) is 0 Å². The van der Waals surface area contributed by atoms with Gasteiger partial charge in [0.1, 0.15) is 5.82 Å². The number of anilines is 1. The van der Waals surface area contributed by atoms with Crippen LogP contribution in [-0.4, -0.2) is 30.0 Å². The highest BCUT2D eigenvalue weighted by atomic mass is 16.5. The third-order valence-electron chi connectivity index (χ3n) is 3.97. The minimum Gasteiger partial charge on any atom is -0.380 e. The fourth-order valence-electron chi connectivity index (χ4n) is 2.94. The summed E-state index contributed by atoms with van der Waals surface area (Å²) in [5, 5.41) is 11.5. The van der Waals surface area contributed by atoms with Gasteiger partial charge < -0.3 is 15.4 Å². The molecule has 2 N–H and O–H groups in total. The normalized spacial score (nSPS) is 17.1. The number of fused-ring (bicyclic) bond motifs is 1. The van der Waals surface area contributed by atoms with Crippen molar-refractivity contribution in [2.75, 3.05) is 25.5 Å². The van der Waals surface area contributed by atoms with E-state index in [1.165, 1.54) is 11.1 Å². The van der Waals surface area contributed by atoms with Crippen molar-refractivity contribution in [3.63, 3.8) is 0 Å². The lowest BCUT2D eigenvalue weighted by atomic mass is 10.1. The summed E-state index contributed by atoms with van der Waals surface area (Å²) in [5.74, 6) is 1.70. The standard InChI is InChI=1S/C17H24N4O/c1-13-6-17-19-10-16(11-21(17)20-13)9-18-8-14-4-3-5-15(7-14)12-22-2/h3-7,16,18-19H,8-12H2,1-2H3/t16-/m1/s1. The smallest absolute Gasteiger partial charge is 0.124 e. The van der Waals surface area contributed by atoms with Crippen LogP contribution in [0, 0.1) is 12.8 Å². The zero-order chi connectivity index (χ0) is 15.4. The van der Waals surface area contributed by atoms with Crippen LogP contribution in [0.4, 0.5) is 5.82 Å². The molecule has 2 aromatic rings. The van der Waals surface area contributed by atoms with E-state index in [1.54, 1.807) is 7.11 Å². The Kier molecular flexibility index (Phi) is 4.75. The number of nitrogens with zero attached hydrogens (tertiary/aromatic N) is 2. The van der Waals surface area contributed by atoms with Crippen molar-refractivity contribution in [1.29, 1.82) is 0 Å². The van der Waals surface area contributed by atoms with Crippen molar-refractivity contribution in [2.24, 2.45) is 5.92 Å². The highest BCUT2D eigenvalue weighted by Gasteiger charge is 2.18. The minimum atomic E-state index is 0.564. The van der Waals surface area contributed by atoms with Crippen LogP contribution in [-0.2, 0) is 24.4 Å². The van der Waals surface area contributed by atoms with Crippen molar-refractivity contribution in [2.45, 2.75) is 26.6 Å². The molecule has 3 rings (SSSR count). The number of aryl methyl sites for hydroxylation is 1. The predicted octanol–water partition coefficient (Wildman–Crippen LogP) is 2.17. The average molecular weight is 300 g/mol. The molecule has 1 aliphatic heterocycles. The van der Waals surface area contributed by atoms with E-state index in [2.05, 4.69) is 50.7 Å². The van der Waals surface area contributed by atoms with Crippen molar-refractivity contribution in [1.82, 2.24) is 15.1 Å². The Hall–Kier alpha value is -1.85. The molecule has 5 heteroatoms. The van der Waals surface area contributed by atoms with Crippen LogP contribution in [0.3, 0.4) is 0 Å². The Morgan fingerprint density at radius 1 is 1.36 bits per heavy atom. The third kappa shape index (κ3) is 3.67. The number of aromatic nitrogens is 2. The first-order valence-electron chi connectivity index (χ1n) is 7.80. The van der Waals surface area contributed by atoms with Gasteiger partial charge in [-0.25, -0.2) is 4.68 Å². The highest BCUT2D eigenvalue weighted by molar-refractivity contribution is 5.38. The number of nitrogens with one attached hydrogen (secondary N) is 2. The van der Waals surface area contributed by atoms with E-state index in [-0.39, 0.29) is 0 Å². The second-order valence-electron chi connectivity index (χ2n) is 5.98. The average Bonchev–Trinajstić information content (AvgIpc) is 2.87. The largest absolute Gasteiger partial charge is 0.380 e. The highest BCUT2D eigenvalue weighted by Crippen LogP contribution is 2.18. The Labute approximate surface area is 131 Å². The summed E-state index contributed by atoms with van der Waals surface area (Å²) in [7, 11) is 1.73. The Balaban J connectivity index is 1.48. The van der Waals surface area contributed by atoms with Gasteiger partial charge >= 0.3 is 0 Å². The zero-order valence-electron chi connectivity index (χ0n) is 13.3. The molecule has 0 bridgehead atoms. The number of rotatable bonds is 6. The molecule has 1 aromatic carbocycles. The molecule has 1 aliphatic rings. The van der Waals surface area contributed by atoms with Gasteiger partial charge in [0.05, 0.1) is 12.3 Å². The molecule has 1 aromatic heterocycles. The maximum absolute atomic E-state index is 5.18. The summed E-state index contributed by atoms with van der Waals surface area (Å²) in [4.78, 5) is 0. The number of methoxy groups -OCH3 is 1. The van der Waals surface area contributed by atoms with Gasteiger partial charge in [0, 0.05) is 45.3 Å². The van der Waals surface area contributed by atoms with Crippen LogP contribution < -0.4 is 10.6 Å². The molecule has 0 aliphatic carbocycles. The fraction of sp³-hybridized carbons (Fsp3) is 0.471. The molecule has 0 saturated heterocycles. The second-order valence-corrected chi connectivity index (χ2v) is 5.98. The molecule has 0 unspecified atom stereocenters. The summed E-state index contributed by atoms with van der Waals surface area (Å²) in [6, 6.07) is 10.6. The molecule has 2 heterocycles. The summed E-state index contributed by atoms with van der Waals surface area (Å²) >= 11 is 0. The lowest BCUT2D eigenvalue weighted by molar-refractivity contribution is 0.185. The van der Waals surface area contributed by atoms with Gasteiger partial charge in [-0.2, -0.15) is 5.10 Å². The first-order chi connectivity index (χ1) is 10.7. The molecular weight excluding hydrogens is 276 g/mol. The van der Waals surface area contributed by atoms with Gasteiger partial charge in [0.2, 0.25) is 0 Å². The third-order valence-corrected chi connectivity index (χ3v) is 3.97.